The summed E-state index contributed by atoms with van der Waals surface area (Å²) in [5.74, 6) is -1.70. The van der Waals surface area contributed by atoms with E-state index in [1.54, 1.807) is 7.11 Å². The maximum absolute atomic E-state index is 13.3. The molecule has 0 saturated carbocycles. The second kappa shape index (κ2) is 12.6. The first-order chi connectivity index (χ1) is 17.1. The lowest BCUT2D eigenvalue weighted by atomic mass is 9.92. The van der Waals surface area contributed by atoms with E-state index >= 15 is 0 Å². The molecular weight excluding hydrogens is 480 g/mol. The van der Waals surface area contributed by atoms with Crippen LogP contribution in [0.15, 0.2) is 42.5 Å². The molecule has 9 heteroatoms. The lowest BCUT2D eigenvalue weighted by molar-refractivity contribution is -0.139. The van der Waals surface area contributed by atoms with Crippen molar-refractivity contribution >= 4 is 21.6 Å². The molecule has 2 N–H and O–H groups in total. The van der Waals surface area contributed by atoms with Crippen LogP contribution in [0.25, 0.3) is 11.1 Å². The number of benzene rings is 2. The number of sulfone groups is 1. The number of ketones is 1. The van der Waals surface area contributed by atoms with Gasteiger partial charge >= 0.3 is 5.97 Å². The van der Waals surface area contributed by atoms with Gasteiger partial charge in [0.1, 0.15) is 15.9 Å². The minimum atomic E-state index is -3.31. The first-order valence-electron chi connectivity index (χ1n) is 12.2. The van der Waals surface area contributed by atoms with Crippen molar-refractivity contribution in [2.75, 3.05) is 38.8 Å². The molecular formula is C27H36N2O6S. The van der Waals surface area contributed by atoms with Gasteiger partial charge in [-0.2, -0.15) is 0 Å². The van der Waals surface area contributed by atoms with Gasteiger partial charge in [0, 0.05) is 31.5 Å². The number of carboxylic acid groups (broad SMARTS) is 1. The third-order valence-electron chi connectivity index (χ3n) is 6.65. The number of methoxy groups -OCH3 is 1. The summed E-state index contributed by atoms with van der Waals surface area (Å²) < 4.78 is 28.3. The third-order valence-corrected chi connectivity index (χ3v) is 7.63. The Balaban J connectivity index is 1.84. The van der Waals surface area contributed by atoms with E-state index < -0.39 is 21.8 Å². The second-order valence-corrected chi connectivity index (χ2v) is 11.8. The Kier molecular flexibility index (Phi) is 9.78. The maximum atomic E-state index is 13.3. The molecule has 196 valence electrons. The minimum absolute atomic E-state index is 0.108. The molecule has 1 aliphatic rings. The number of carboxylic acids is 1. The van der Waals surface area contributed by atoms with Gasteiger partial charge in [-0.05, 0) is 61.1 Å². The molecule has 0 radical (unpaired) electrons. The Morgan fingerprint density at radius 2 is 1.94 bits per heavy atom. The van der Waals surface area contributed by atoms with Crippen molar-refractivity contribution in [1.29, 1.82) is 0 Å². The molecule has 2 aromatic rings. The summed E-state index contributed by atoms with van der Waals surface area (Å²) in [5.41, 5.74) is 4.39. The zero-order valence-electron chi connectivity index (χ0n) is 21.2. The molecule has 0 bridgehead atoms. The highest BCUT2D eigenvalue weighted by molar-refractivity contribution is 7.90. The number of hydrogen-bond donors (Lipinski definition) is 2. The number of nitrogens with zero attached hydrogens (tertiary/aromatic N) is 1. The Hall–Kier alpha value is -2.59. The first-order valence-corrected chi connectivity index (χ1v) is 14.2. The van der Waals surface area contributed by atoms with Gasteiger partial charge in [-0.25, -0.2) is 8.42 Å². The lowest BCUT2D eigenvalue weighted by Crippen LogP contribution is -2.41. The van der Waals surface area contributed by atoms with Crippen molar-refractivity contribution < 1.29 is 27.9 Å². The summed E-state index contributed by atoms with van der Waals surface area (Å²) in [6.45, 7) is 4.24. The van der Waals surface area contributed by atoms with E-state index in [0.717, 1.165) is 54.4 Å². The summed E-state index contributed by atoms with van der Waals surface area (Å²) >= 11 is 0. The summed E-state index contributed by atoms with van der Waals surface area (Å²) in [6.07, 6.45) is 3.19. The molecule has 8 nitrogen and oxygen atoms in total. The first kappa shape index (κ1) is 28.0. The van der Waals surface area contributed by atoms with Crippen molar-refractivity contribution in [1.82, 2.24) is 10.2 Å². The average molecular weight is 517 g/mol. The molecule has 1 saturated heterocycles. The highest BCUT2D eigenvalue weighted by Gasteiger charge is 2.25. The Bertz CT molecular complexity index is 1180. The number of likely N-dealkylation sites (tertiary alicyclic amines) is 1. The fourth-order valence-electron chi connectivity index (χ4n) is 4.71. The molecule has 3 rings (SSSR count). The summed E-state index contributed by atoms with van der Waals surface area (Å²) in [6, 6.07) is 12.9. The Morgan fingerprint density at radius 3 is 2.61 bits per heavy atom. The normalized spacial score (nSPS) is 17.2. The molecule has 1 fully saturated rings. The molecule has 0 spiro atoms. The Labute approximate surface area is 213 Å². The van der Waals surface area contributed by atoms with Gasteiger partial charge < -0.3 is 9.84 Å². The van der Waals surface area contributed by atoms with Crippen LogP contribution in [-0.4, -0.2) is 81.1 Å². The summed E-state index contributed by atoms with van der Waals surface area (Å²) in [7, 11) is -1.59. The van der Waals surface area contributed by atoms with Crippen LogP contribution < -0.4 is 5.32 Å². The predicted molar refractivity (Wildman–Crippen MR) is 140 cm³/mol. The second-order valence-electron chi connectivity index (χ2n) is 9.53. The van der Waals surface area contributed by atoms with Crippen LogP contribution >= 0.6 is 0 Å². The highest BCUT2D eigenvalue weighted by atomic mass is 32.2. The molecule has 2 aromatic carbocycles. The van der Waals surface area contributed by atoms with Crippen LogP contribution in [0.5, 0.6) is 0 Å². The number of hydrogen-bond acceptors (Lipinski definition) is 7. The van der Waals surface area contributed by atoms with Crippen molar-refractivity contribution in [3.05, 3.63) is 59.2 Å². The van der Waals surface area contributed by atoms with E-state index in [2.05, 4.69) is 16.3 Å². The number of aliphatic carboxylic acids is 1. The van der Waals surface area contributed by atoms with Crippen LogP contribution in [0.4, 0.5) is 0 Å². The summed E-state index contributed by atoms with van der Waals surface area (Å²) in [4.78, 5) is 27.3. The topological polar surface area (TPSA) is 113 Å². The van der Waals surface area contributed by atoms with Crippen molar-refractivity contribution in [3.8, 4) is 11.1 Å². The number of aryl methyl sites for hydroxylation is 1. The number of nitrogens with one attached hydrogen (secondary N) is 1. The molecule has 0 amide bonds. The fraction of sp³-hybridized carbons (Fsp3) is 0.481. The van der Waals surface area contributed by atoms with E-state index in [-0.39, 0.29) is 24.5 Å². The van der Waals surface area contributed by atoms with Gasteiger partial charge in [0.25, 0.3) is 0 Å². The molecule has 2 unspecified atom stereocenters. The quantitative estimate of drug-likeness (QED) is 0.391. The van der Waals surface area contributed by atoms with Gasteiger partial charge in [0.2, 0.25) is 0 Å². The van der Waals surface area contributed by atoms with Gasteiger partial charge in [0.15, 0.2) is 5.78 Å². The van der Waals surface area contributed by atoms with Crippen LogP contribution in [0.3, 0.4) is 0 Å². The van der Waals surface area contributed by atoms with Gasteiger partial charge in [-0.15, -0.1) is 0 Å². The van der Waals surface area contributed by atoms with E-state index in [4.69, 9.17) is 4.74 Å². The number of carbonyl (C=O) groups is 2. The minimum Gasteiger partial charge on any atom is -0.480 e. The van der Waals surface area contributed by atoms with Gasteiger partial charge in [-0.1, -0.05) is 36.4 Å². The smallest absolute Gasteiger partial charge is 0.320 e. The monoisotopic (exact) mass is 516 g/mol. The summed E-state index contributed by atoms with van der Waals surface area (Å²) in [5, 5.41) is 12.2. The number of rotatable bonds is 13. The Morgan fingerprint density at radius 1 is 1.19 bits per heavy atom. The van der Waals surface area contributed by atoms with Crippen LogP contribution in [0.2, 0.25) is 0 Å². The molecule has 2 atom stereocenters. The van der Waals surface area contributed by atoms with Crippen LogP contribution in [0.1, 0.15) is 40.7 Å². The van der Waals surface area contributed by atoms with Crippen molar-refractivity contribution in [2.45, 2.75) is 44.8 Å². The molecule has 1 heterocycles. The standard InChI is InChI=1S/C27H36N2O6S/c1-19-7-4-5-9-22(19)24-15-20(17-29-13-6-8-21(29)18-35-2)10-11-23(24)26(30)16-28-25(27(31)32)12-14-36(3,33)34/h4-5,7,9-11,15,21,25,28H,6,8,12-14,16-18H2,1-3H3,(H,31,32). The van der Waals surface area contributed by atoms with Crippen LogP contribution in [0, 0.1) is 6.92 Å². The lowest BCUT2D eigenvalue weighted by Gasteiger charge is -2.24. The van der Waals surface area contributed by atoms with Gasteiger partial charge in [-0.3, -0.25) is 19.8 Å². The van der Waals surface area contributed by atoms with Crippen LogP contribution in [-0.2, 0) is 25.9 Å². The number of Topliss-reactive ketones (excluding diaryl/α,β-unsaturated/α-hetero) is 1. The maximum Gasteiger partial charge on any atom is 0.320 e. The fourth-order valence-corrected chi connectivity index (χ4v) is 5.37. The zero-order chi connectivity index (χ0) is 26.3. The average Bonchev–Trinajstić information content (AvgIpc) is 3.25. The predicted octanol–water partition coefficient (Wildman–Crippen LogP) is 2.93. The molecule has 0 aliphatic carbocycles. The SMILES string of the molecule is COCC1CCCN1Cc1ccc(C(=O)CNC(CCS(C)(=O)=O)C(=O)O)c(-c2ccccc2C)c1. The van der Waals surface area contributed by atoms with E-state index in [9.17, 15) is 23.1 Å². The number of carbonyl (C=O) groups excluding carboxylic acids is 1. The zero-order valence-corrected chi connectivity index (χ0v) is 22.0. The van der Waals surface area contributed by atoms with Crippen molar-refractivity contribution in [3.63, 3.8) is 0 Å². The highest BCUT2D eigenvalue weighted by Crippen LogP contribution is 2.30. The van der Waals surface area contributed by atoms with Gasteiger partial charge in [0.05, 0.1) is 18.9 Å². The third kappa shape index (κ3) is 7.70. The van der Waals surface area contributed by atoms with Crippen molar-refractivity contribution in [2.24, 2.45) is 0 Å². The molecule has 36 heavy (non-hydrogen) atoms. The van der Waals surface area contributed by atoms with E-state index in [0.29, 0.717) is 18.2 Å². The van der Waals surface area contributed by atoms with E-state index in [1.165, 1.54) is 0 Å². The number of ether oxygens (including phenoxy) is 1. The molecule has 1 aliphatic heterocycles. The largest absolute Gasteiger partial charge is 0.480 e. The van der Waals surface area contributed by atoms with E-state index in [1.807, 2.05) is 43.3 Å². The molecule has 0 aromatic heterocycles.